The Bertz CT molecular complexity index is 568. The molecule has 0 radical (unpaired) electrons. The van der Waals surface area contributed by atoms with Crippen molar-refractivity contribution in [2.75, 3.05) is 33.5 Å². The molecule has 1 amide bonds. The van der Waals surface area contributed by atoms with Gasteiger partial charge in [0.25, 0.3) is 0 Å². The zero-order chi connectivity index (χ0) is 15.9. The molecule has 0 unspecified atom stereocenters. The van der Waals surface area contributed by atoms with Gasteiger partial charge >= 0.3 is 0 Å². The maximum absolute atomic E-state index is 12.1. The van der Waals surface area contributed by atoms with Crippen LogP contribution in [0.15, 0.2) is 18.2 Å². The molecule has 1 aliphatic heterocycles. The Labute approximate surface area is 130 Å². The SMILES string of the molecule is CCN(CC(=O)N(C)CCC#N)Cc1ccc2c(c1)OCO2. The second-order valence-electron chi connectivity index (χ2n) is 5.21. The quantitative estimate of drug-likeness (QED) is 0.765. The molecule has 22 heavy (non-hydrogen) atoms. The van der Waals surface area contributed by atoms with E-state index in [1.807, 2.05) is 25.1 Å². The number of carbonyl (C=O) groups excluding carboxylic acids is 1. The van der Waals surface area contributed by atoms with Gasteiger partial charge in [-0.25, -0.2) is 0 Å². The van der Waals surface area contributed by atoms with E-state index in [1.54, 1.807) is 11.9 Å². The van der Waals surface area contributed by atoms with E-state index in [2.05, 4.69) is 11.0 Å². The highest BCUT2D eigenvalue weighted by Crippen LogP contribution is 2.32. The van der Waals surface area contributed by atoms with Crippen LogP contribution in [-0.4, -0.2) is 49.2 Å². The summed E-state index contributed by atoms with van der Waals surface area (Å²) in [4.78, 5) is 15.8. The highest BCUT2D eigenvalue weighted by molar-refractivity contribution is 5.78. The number of rotatable bonds is 7. The molecule has 118 valence electrons. The van der Waals surface area contributed by atoms with Crippen LogP contribution in [0.3, 0.4) is 0 Å². The fourth-order valence-electron chi connectivity index (χ4n) is 2.23. The van der Waals surface area contributed by atoms with Gasteiger partial charge in [0, 0.05) is 20.1 Å². The van der Waals surface area contributed by atoms with Crippen LogP contribution in [0, 0.1) is 11.3 Å². The zero-order valence-electron chi connectivity index (χ0n) is 13.0. The third kappa shape index (κ3) is 4.12. The van der Waals surface area contributed by atoms with Gasteiger partial charge in [-0.3, -0.25) is 9.69 Å². The fraction of sp³-hybridized carbons (Fsp3) is 0.500. The van der Waals surface area contributed by atoms with Crippen molar-refractivity contribution in [2.24, 2.45) is 0 Å². The summed E-state index contributed by atoms with van der Waals surface area (Å²) in [6.07, 6.45) is 0.358. The highest BCUT2D eigenvalue weighted by atomic mass is 16.7. The van der Waals surface area contributed by atoms with Crippen molar-refractivity contribution in [3.63, 3.8) is 0 Å². The first-order valence-corrected chi connectivity index (χ1v) is 7.35. The number of hydrogen-bond acceptors (Lipinski definition) is 5. The Kier molecular flexibility index (Phi) is 5.61. The summed E-state index contributed by atoms with van der Waals surface area (Å²) in [5.41, 5.74) is 1.08. The van der Waals surface area contributed by atoms with Gasteiger partial charge in [-0.2, -0.15) is 5.26 Å². The summed E-state index contributed by atoms with van der Waals surface area (Å²) in [7, 11) is 1.73. The average molecular weight is 303 g/mol. The van der Waals surface area contributed by atoms with Crippen LogP contribution in [0.4, 0.5) is 0 Å². The Morgan fingerprint density at radius 1 is 1.36 bits per heavy atom. The molecule has 0 aromatic heterocycles. The van der Waals surface area contributed by atoms with Crippen LogP contribution < -0.4 is 9.47 Å². The number of nitrogens with zero attached hydrogens (tertiary/aromatic N) is 3. The van der Waals surface area contributed by atoms with E-state index in [0.717, 1.165) is 23.6 Å². The minimum absolute atomic E-state index is 0.0258. The van der Waals surface area contributed by atoms with E-state index in [-0.39, 0.29) is 12.7 Å². The lowest BCUT2D eigenvalue weighted by atomic mass is 10.2. The number of ether oxygens (including phenoxy) is 2. The number of nitriles is 1. The van der Waals surface area contributed by atoms with Gasteiger partial charge in [-0.05, 0) is 24.2 Å². The number of fused-ring (bicyclic) bond motifs is 1. The largest absolute Gasteiger partial charge is 0.454 e. The second kappa shape index (κ2) is 7.66. The molecule has 2 rings (SSSR count). The average Bonchev–Trinajstić information content (AvgIpc) is 2.99. The van der Waals surface area contributed by atoms with Gasteiger partial charge in [0.15, 0.2) is 11.5 Å². The smallest absolute Gasteiger partial charge is 0.236 e. The van der Waals surface area contributed by atoms with Crippen molar-refractivity contribution in [3.8, 4) is 17.6 Å². The molecule has 1 aliphatic rings. The summed E-state index contributed by atoms with van der Waals surface area (Å²) >= 11 is 0. The topological polar surface area (TPSA) is 65.8 Å². The zero-order valence-corrected chi connectivity index (χ0v) is 13.0. The normalized spacial score (nSPS) is 12.3. The van der Waals surface area contributed by atoms with Gasteiger partial charge in [0.05, 0.1) is 19.0 Å². The number of amides is 1. The molecule has 1 heterocycles. The predicted molar refractivity (Wildman–Crippen MR) is 81.4 cm³/mol. The predicted octanol–water partition coefficient (Wildman–Crippen LogP) is 1.61. The summed E-state index contributed by atoms with van der Waals surface area (Å²) in [5, 5.41) is 8.58. The minimum atomic E-state index is 0.0258. The van der Waals surface area contributed by atoms with Crippen molar-refractivity contribution in [1.82, 2.24) is 9.80 Å². The number of likely N-dealkylation sites (N-methyl/N-ethyl adjacent to an activating group) is 2. The minimum Gasteiger partial charge on any atom is -0.454 e. The maximum atomic E-state index is 12.1. The van der Waals surface area contributed by atoms with Gasteiger partial charge in [-0.1, -0.05) is 13.0 Å². The van der Waals surface area contributed by atoms with Crippen molar-refractivity contribution in [1.29, 1.82) is 5.26 Å². The Morgan fingerprint density at radius 3 is 2.86 bits per heavy atom. The number of benzene rings is 1. The number of hydrogen-bond donors (Lipinski definition) is 0. The summed E-state index contributed by atoms with van der Waals surface area (Å²) in [6, 6.07) is 7.89. The number of carbonyl (C=O) groups is 1. The monoisotopic (exact) mass is 303 g/mol. The van der Waals surface area contributed by atoms with Crippen LogP contribution in [0.5, 0.6) is 11.5 Å². The molecule has 6 heteroatoms. The molecule has 0 atom stereocenters. The van der Waals surface area contributed by atoms with E-state index in [4.69, 9.17) is 14.7 Å². The standard InChI is InChI=1S/C16H21N3O3/c1-3-19(11-16(20)18(2)8-4-7-17)10-13-5-6-14-15(9-13)22-12-21-14/h5-6,9H,3-4,8,10-12H2,1-2H3. The molecule has 1 aromatic carbocycles. The molecule has 0 fully saturated rings. The molecular weight excluding hydrogens is 282 g/mol. The molecule has 0 bridgehead atoms. The van der Waals surface area contributed by atoms with E-state index < -0.39 is 0 Å². The van der Waals surface area contributed by atoms with Crippen molar-refractivity contribution < 1.29 is 14.3 Å². The molecule has 0 N–H and O–H groups in total. The van der Waals surface area contributed by atoms with Gasteiger partial charge in [-0.15, -0.1) is 0 Å². The first-order chi connectivity index (χ1) is 10.6. The second-order valence-corrected chi connectivity index (χ2v) is 5.21. The van der Waals surface area contributed by atoms with E-state index in [0.29, 0.717) is 26.1 Å². The lowest BCUT2D eigenvalue weighted by molar-refractivity contribution is -0.131. The maximum Gasteiger partial charge on any atom is 0.236 e. The molecule has 6 nitrogen and oxygen atoms in total. The highest BCUT2D eigenvalue weighted by Gasteiger charge is 2.16. The van der Waals surface area contributed by atoms with E-state index in [9.17, 15) is 4.79 Å². The molecular formula is C16H21N3O3. The van der Waals surface area contributed by atoms with Gasteiger partial charge in [0.2, 0.25) is 12.7 Å². The fourth-order valence-corrected chi connectivity index (χ4v) is 2.23. The summed E-state index contributed by atoms with van der Waals surface area (Å²) < 4.78 is 10.7. The molecule has 0 saturated carbocycles. The molecule has 0 saturated heterocycles. The Balaban J connectivity index is 1.92. The molecule has 0 aliphatic carbocycles. The van der Waals surface area contributed by atoms with E-state index in [1.165, 1.54) is 0 Å². The summed E-state index contributed by atoms with van der Waals surface area (Å²) in [6.45, 7) is 4.54. The lowest BCUT2D eigenvalue weighted by Crippen LogP contribution is -2.38. The van der Waals surface area contributed by atoms with Crippen LogP contribution in [-0.2, 0) is 11.3 Å². The lowest BCUT2D eigenvalue weighted by Gasteiger charge is -2.23. The Hall–Kier alpha value is -2.26. The third-order valence-corrected chi connectivity index (χ3v) is 3.63. The first kappa shape index (κ1) is 16.1. The van der Waals surface area contributed by atoms with Crippen LogP contribution in [0.2, 0.25) is 0 Å². The van der Waals surface area contributed by atoms with Crippen molar-refractivity contribution in [3.05, 3.63) is 23.8 Å². The summed E-state index contributed by atoms with van der Waals surface area (Å²) in [5.74, 6) is 1.54. The first-order valence-electron chi connectivity index (χ1n) is 7.35. The van der Waals surface area contributed by atoms with Gasteiger partial charge < -0.3 is 14.4 Å². The van der Waals surface area contributed by atoms with E-state index >= 15 is 0 Å². The van der Waals surface area contributed by atoms with Crippen molar-refractivity contribution in [2.45, 2.75) is 19.9 Å². The van der Waals surface area contributed by atoms with Gasteiger partial charge in [0.1, 0.15) is 0 Å². The molecule has 1 aromatic rings. The Morgan fingerprint density at radius 2 is 2.14 bits per heavy atom. The van der Waals surface area contributed by atoms with Crippen LogP contribution in [0.25, 0.3) is 0 Å². The molecule has 0 spiro atoms. The third-order valence-electron chi connectivity index (χ3n) is 3.63. The van der Waals surface area contributed by atoms with Crippen molar-refractivity contribution >= 4 is 5.91 Å². The van der Waals surface area contributed by atoms with Crippen LogP contribution >= 0.6 is 0 Å². The van der Waals surface area contributed by atoms with Crippen LogP contribution in [0.1, 0.15) is 18.9 Å².